The highest BCUT2D eigenvalue weighted by molar-refractivity contribution is 5.76. The van der Waals surface area contributed by atoms with Crippen LogP contribution in [0.5, 0.6) is 0 Å². The number of hydrogen-bond acceptors (Lipinski definition) is 4. The first-order chi connectivity index (χ1) is 10.1. The van der Waals surface area contributed by atoms with Crippen molar-refractivity contribution in [1.82, 2.24) is 15.5 Å². The topological polar surface area (TPSA) is 68.0 Å². The molecule has 0 saturated carbocycles. The number of nitrogens with one attached hydrogen (secondary N) is 1. The van der Waals surface area contributed by atoms with Crippen LogP contribution >= 0.6 is 0 Å². The summed E-state index contributed by atoms with van der Waals surface area (Å²) in [6.07, 6.45) is 1.58. The van der Waals surface area contributed by atoms with Crippen LogP contribution in [0.4, 0.5) is 4.39 Å². The molecule has 2 rings (SSSR count). The Bertz CT molecular complexity index is 595. The van der Waals surface area contributed by atoms with E-state index < -0.39 is 0 Å². The molecule has 5 nitrogen and oxygen atoms in total. The van der Waals surface area contributed by atoms with Crippen molar-refractivity contribution in [2.24, 2.45) is 0 Å². The molecule has 1 N–H and O–H groups in total. The SMILES string of the molecule is CC[C@@H](C)NC(=O)CCc1nc(-c2ccc(F)cc2)no1. The Kier molecular flexibility index (Phi) is 5.03. The summed E-state index contributed by atoms with van der Waals surface area (Å²) in [5, 5.41) is 6.70. The zero-order chi connectivity index (χ0) is 15.2. The molecule has 0 aliphatic rings. The van der Waals surface area contributed by atoms with Gasteiger partial charge in [0.1, 0.15) is 5.82 Å². The van der Waals surface area contributed by atoms with Gasteiger partial charge in [-0.25, -0.2) is 4.39 Å². The minimum absolute atomic E-state index is 0.0362. The molecule has 1 amide bonds. The third kappa shape index (κ3) is 4.37. The Morgan fingerprint density at radius 3 is 2.76 bits per heavy atom. The summed E-state index contributed by atoms with van der Waals surface area (Å²) in [7, 11) is 0. The van der Waals surface area contributed by atoms with E-state index >= 15 is 0 Å². The van der Waals surface area contributed by atoms with Crippen LogP contribution in [-0.4, -0.2) is 22.1 Å². The minimum Gasteiger partial charge on any atom is -0.354 e. The molecule has 6 heteroatoms. The van der Waals surface area contributed by atoms with Crippen molar-refractivity contribution in [3.63, 3.8) is 0 Å². The van der Waals surface area contributed by atoms with Crippen LogP contribution in [0.1, 0.15) is 32.6 Å². The maximum atomic E-state index is 12.8. The van der Waals surface area contributed by atoms with Crippen LogP contribution in [0, 0.1) is 5.82 Å². The van der Waals surface area contributed by atoms with Crippen LogP contribution in [0.3, 0.4) is 0 Å². The number of nitrogens with zero attached hydrogens (tertiary/aromatic N) is 2. The summed E-state index contributed by atoms with van der Waals surface area (Å²) >= 11 is 0. The second kappa shape index (κ2) is 6.97. The van der Waals surface area contributed by atoms with Crippen molar-refractivity contribution < 1.29 is 13.7 Å². The number of carbonyl (C=O) groups is 1. The highest BCUT2D eigenvalue weighted by atomic mass is 19.1. The molecule has 2 aromatic rings. The lowest BCUT2D eigenvalue weighted by Crippen LogP contribution is -2.32. The van der Waals surface area contributed by atoms with Crippen molar-refractivity contribution in [3.8, 4) is 11.4 Å². The van der Waals surface area contributed by atoms with Gasteiger partial charge in [-0.15, -0.1) is 0 Å². The van der Waals surface area contributed by atoms with Crippen molar-refractivity contribution in [3.05, 3.63) is 36.0 Å². The van der Waals surface area contributed by atoms with Gasteiger partial charge in [-0.2, -0.15) is 4.98 Å². The number of halogens is 1. The molecule has 112 valence electrons. The molecular weight excluding hydrogens is 273 g/mol. The normalized spacial score (nSPS) is 12.1. The Morgan fingerprint density at radius 1 is 1.38 bits per heavy atom. The van der Waals surface area contributed by atoms with E-state index in [0.717, 1.165) is 6.42 Å². The van der Waals surface area contributed by atoms with Crippen molar-refractivity contribution in [2.45, 2.75) is 39.2 Å². The summed E-state index contributed by atoms with van der Waals surface area (Å²) in [5.41, 5.74) is 0.676. The van der Waals surface area contributed by atoms with Gasteiger partial charge in [0.2, 0.25) is 17.6 Å². The standard InChI is InChI=1S/C15H18FN3O2/c1-3-10(2)17-13(20)8-9-14-18-15(19-21-14)11-4-6-12(16)7-5-11/h4-7,10H,3,8-9H2,1-2H3,(H,17,20)/t10-/m1/s1. The molecule has 1 atom stereocenters. The first kappa shape index (κ1) is 15.2. The smallest absolute Gasteiger partial charge is 0.227 e. The molecule has 1 aromatic carbocycles. The molecule has 0 bridgehead atoms. The summed E-state index contributed by atoms with van der Waals surface area (Å²) in [6, 6.07) is 6.00. The molecule has 0 fully saturated rings. The van der Waals surface area contributed by atoms with E-state index in [0.29, 0.717) is 30.1 Å². The fourth-order valence-electron chi connectivity index (χ4n) is 1.74. The Balaban J connectivity index is 1.91. The Labute approximate surface area is 122 Å². The number of aryl methyl sites for hydroxylation is 1. The fraction of sp³-hybridized carbons (Fsp3) is 0.400. The van der Waals surface area contributed by atoms with E-state index in [4.69, 9.17) is 4.52 Å². The predicted octanol–water partition coefficient (Wildman–Crippen LogP) is 2.72. The quantitative estimate of drug-likeness (QED) is 0.888. The second-order valence-corrected chi connectivity index (χ2v) is 4.90. The first-order valence-electron chi connectivity index (χ1n) is 6.96. The van der Waals surface area contributed by atoms with E-state index in [1.165, 1.54) is 12.1 Å². The number of rotatable bonds is 6. The van der Waals surface area contributed by atoms with Gasteiger partial charge in [-0.1, -0.05) is 12.1 Å². The van der Waals surface area contributed by atoms with Crippen molar-refractivity contribution in [2.75, 3.05) is 0 Å². The van der Waals surface area contributed by atoms with Gasteiger partial charge in [0.15, 0.2) is 0 Å². The van der Waals surface area contributed by atoms with Crippen molar-refractivity contribution in [1.29, 1.82) is 0 Å². The lowest BCUT2D eigenvalue weighted by molar-refractivity contribution is -0.121. The number of carbonyl (C=O) groups excluding carboxylic acids is 1. The van der Waals surface area contributed by atoms with Crippen LogP contribution < -0.4 is 5.32 Å². The predicted molar refractivity (Wildman–Crippen MR) is 75.9 cm³/mol. The van der Waals surface area contributed by atoms with Crippen LogP contribution in [-0.2, 0) is 11.2 Å². The van der Waals surface area contributed by atoms with Crippen LogP contribution in [0.2, 0.25) is 0 Å². The number of hydrogen-bond donors (Lipinski definition) is 1. The summed E-state index contributed by atoms with van der Waals surface area (Å²) in [6.45, 7) is 3.97. The van der Waals surface area contributed by atoms with Gasteiger partial charge in [0.25, 0.3) is 0 Å². The third-order valence-electron chi connectivity index (χ3n) is 3.16. The lowest BCUT2D eigenvalue weighted by atomic mass is 10.2. The van der Waals surface area contributed by atoms with Crippen molar-refractivity contribution >= 4 is 5.91 Å². The highest BCUT2D eigenvalue weighted by Crippen LogP contribution is 2.16. The van der Waals surface area contributed by atoms with E-state index in [1.807, 2.05) is 13.8 Å². The third-order valence-corrected chi connectivity index (χ3v) is 3.16. The molecule has 1 heterocycles. The molecule has 21 heavy (non-hydrogen) atoms. The largest absolute Gasteiger partial charge is 0.354 e. The zero-order valence-electron chi connectivity index (χ0n) is 12.1. The molecule has 0 spiro atoms. The van der Waals surface area contributed by atoms with Gasteiger partial charge >= 0.3 is 0 Å². The molecule has 1 aromatic heterocycles. The molecule has 0 radical (unpaired) electrons. The van der Waals surface area contributed by atoms with E-state index in [9.17, 15) is 9.18 Å². The number of benzene rings is 1. The first-order valence-corrected chi connectivity index (χ1v) is 6.96. The van der Waals surface area contributed by atoms with Gasteiger partial charge < -0.3 is 9.84 Å². The lowest BCUT2D eigenvalue weighted by Gasteiger charge is -2.10. The average Bonchev–Trinajstić information content (AvgIpc) is 2.94. The average molecular weight is 291 g/mol. The van der Waals surface area contributed by atoms with Crippen LogP contribution in [0.25, 0.3) is 11.4 Å². The zero-order valence-corrected chi connectivity index (χ0v) is 12.1. The molecule has 0 aliphatic heterocycles. The Hall–Kier alpha value is -2.24. The molecular formula is C15H18FN3O2. The molecule has 0 saturated heterocycles. The van der Waals surface area contributed by atoms with E-state index in [1.54, 1.807) is 12.1 Å². The summed E-state index contributed by atoms with van der Waals surface area (Å²) in [5.74, 6) is 0.441. The number of aromatic nitrogens is 2. The monoisotopic (exact) mass is 291 g/mol. The van der Waals surface area contributed by atoms with Gasteiger partial charge in [-0.3, -0.25) is 4.79 Å². The number of amides is 1. The summed E-state index contributed by atoms with van der Waals surface area (Å²) in [4.78, 5) is 15.9. The maximum Gasteiger partial charge on any atom is 0.227 e. The van der Waals surface area contributed by atoms with Gasteiger partial charge in [-0.05, 0) is 37.6 Å². The molecule has 0 aliphatic carbocycles. The highest BCUT2D eigenvalue weighted by Gasteiger charge is 2.11. The fourth-order valence-corrected chi connectivity index (χ4v) is 1.74. The van der Waals surface area contributed by atoms with Crippen LogP contribution in [0.15, 0.2) is 28.8 Å². The van der Waals surface area contributed by atoms with E-state index in [2.05, 4.69) is 15.5 Å². The van der Waals surface area contributed by atoms with Gasteiger partial charge in [0, 0.05) is 24.4 Å². The molecule has 0 unspecified atom stereocenters. The maximum absolute atomic E-state index is 12.8. The van der Waals surface area contributed by atoms with E-state index in [-0.39, 0.29) is 17.8 Å². The Morgan fingerprint density at radius 2 is 2.10 bits per heavy atom. The van der Waals surface area contributed by atoms with Gasteiger partial charge in [0.05, 0.1) is 0 Å². The summed E-state index contributed by atoms with van der Waals surface area (Å²) < 4.78 is 17.9. The minimum atomic E-state index is -0.316. The second-order valence-electron chi connectivity index (χ2n) is 4.90.